The van der Waals surface area contributed by atoms with Crippen molar-refractivity contribution in [1.82, 2.24) is 5.32 Å². The zero-order chi connectivity index (χ0) is 14.7. The Morgan fingerprint density at radius 2 is 1.79 bits per heavy atom. The number of alkyl halides is 3. The third-order valence-corrected chi connectivity index (χ3v) is 3.21. The lowest BCUT2D eigenvalue weighted by Gasteiger charge is -2.35. The summed E-state index contributed by atoms with van der Waals surface area (Å²) in [5.41, 5.74) is -1.15. The van der Waals surface area contributed by atoms with E-state index >= 15 is 0 Å². The van der Waals surface area contributed by atoms with Gasteiger partial charge in [0.2, 0.25) is 0 Å². The highest BCUT2D eigenvalue weighted by molar-refractivity contribution is 5.34. The summed E-state index contributed by atoms with van der Waals surface area (Å²) in [6.07, 6.45) is -4.37. The number of nitrogens with one attached hydrogen (secondary N) is 1. The van der Waals surface area contributed by atoms with Crippen LogP contribution in [0.5, 0.6) is 0 Å². The fourth-order valence-electron chi connectivity index (χ4n) is 2.06. The molecule has 108 valence electrons. The molecule has 2 nitrogen and oxygen atoms in total. The number of ether oxygens (including phenoxy) is 1. The molecule has 19 heavy (non-hydrogen) atoms. The summed E-state index contributed by atoms with van der Waals surface area (Å²) in [5, 5.41) is 3.08. The van der Waals surface area contributed by atoms with Gasteiger partial charge < -0.3 is 10.1 Å². The van der Waals surface area contributed by atoms with E-state index < -0.39 is 23.4 Å². The minimum Gasteiger partial charge on any atom is -0.377 e. The van der Waals surface area contributed by atoms with Crippen molar-refractivity contribution >= 4 is 0 Å². The van der Waals surface area contributed by atoms with Gasteiger partial charge in [0.15, 0.2) is 0 Å². The van der Waals surface area contributed by atoms with Crippen LogP contribution in [0, 0.1) is 0 Å². The lowest BCUT2D eigenvalue weighted by Crippen LogP contribution is -2.41. The van der Waals surface area contributed by atoms with Crippen LogP contribution < -0.4 is 5.32 Å². The molecule has 0 heterocycles. The predicted octanol–water partition coefficient (Wildman–Crippen LogP) is 3.78. The van der Waals surface area contributed by atoms with Crippen LogP contribution in [0.25, 0.3) is 0 Å². The van der Waals surface area contributed by atoms with Gasteiger partial charge >= 0.3 is 6.18 Å². The van der Waals surface area contributed by atoms with Gasteiger partial charge in [0.1, 0.15) is 0 Å². The average molecular weight is 275 g/mol. The van der Waals surface area contributed by atoms with Crippen LogP contribution in [0.15, 0.2) is 24.3 Å². The molecule has 1 unspecified atom stereocenters. The summed E-state index contributed by atoms with van der Waals surface area (Å²) in [5.74, 6) is 0. The molecular weight excluding hydrogens is 255 g/mol. The van der Waals surface area contributed by atoms with E-state index in [1.165, 1.54) is 19.2 Å². The zero-order valence-electron chi connectivity index (χ0n) is 11.6. The van der Waals surface area contributed by atoms with Crippen molar-refractivity contribution in [2.24, 2.45) is 0 Å². The first kappa shape index (κ1) is 16.0. The Balaban J connectivity index is 3.31. The number of benzene rings is 1. The fourth-order valence-corrected chi connectivity index (χ4v) is 2.06. The van der Waals surface area contributed by atoms with Gasteiger partial charge in [0.25, 0.3) is 0 Å². The molecule has 0 bridgehead atoms. The maximum Gasteiger partial charge on any atom is 0.416 e. The quantitative estimate of drug-likeness (QED) is 0.883. The van der Waals surface area contributed by atoms with Crippen LogP contribution in [0.1, 0.15) is 37.9 Å². The molecule has 0 fully saturated rings. The van der Waals surface area contributed by atoms with E-state index in [0.29, 0.717) is 6.54 Å². The molecule has 1 rings (SSSR count). The Morgan fingerprint density at radius 3 is 2.26 bits per heavy atom. The molecule has 0 amide bonds. The minimum absolute atomic E-state index is 0.212. The summed E-state index contributed by atoms with van der Waals surface area (Å²) >= 11 is 0. The molecule has 1 N–H and O–H groups in total. The van der Waals surface area contributed by atoms with Gasteiger partial charge in [-0.15, -0.1) is 0 Å². The van der Waals surface area contributed by atoms with Gasteiger partial charge in [-0.3, -0.25) is 0 Å². The molecule has 0 aliphatic rings. The average Bonchev–Trinajstić information content (AvgIpc) is 2.34. The first-order chi connectivity index (χ1) is 8.74. The van der Waals surface area contributed by atoms with E-state index in [0.717, 1.165) is 6.07 Å². The van der Waals surface area contributed by atoms with Crippen LogP contribution in [-0.4, -0.2) is 19.3 Å². The molecule has 5 heteroatoms. The molecule has 0 aromatic heterocycles. The number of methoxy groups -OCH3 is 1. The maximum absolute atomic E-state index is 13.1. The van der Waals surface area contributed by atoms with Crippen molar-refractivity contribution in [2.45, 2.75) is 38.6 Å². The second kappa shape index (κ2) is 5.92. The molecule has 1 atom stereocenters. The molecule has 0 saturated carbocycles. The van der Waals surface area contributed by atoms with E-state index in [9.17, 15) is 13.2 Å². The molecule has 0 radical (unpaired) electrons. The summed E-state index contributed by atoms with van der Waals surface area (Å²) in [6.45, 7) is 5.96. The first-order valence-electron chi connectivity index (χ1n) is 6.18. The molecule has 1 aromatic rings. The normalized spacial score (nSPS) is 14.5. The summed E-state index contributed by atoms with van der Waals surface area (Å²) in [4.78, 5) is 0. The maximum atomic E-state index is 13.1. The highest BCUT2D eigenvalue weighted by Crippen LogP contribution is 2.38. The number of likely N-dealkylation sites (N-methyl/N-ethyl adjacent to an activating group) is 1. The van der Waals surface area contributed by atoms with Crippen molar-refractivity contribution in [3.05, 3.63) is 35.4 Å². The van der Waals surface area contributed by atoms with Gasteiger partial charge in [-0.2, -0.15) is 13.2 Å². The Morgan fingerprint density at radius 1 is 1.21 bits per heavy atom. The summed E-state index contributed by atoms with van der Waals surface area (Å²) in [6, 6.07) is 5.08. The van der Waals surface area contributed by atoms with Crippen molar-refractivity contribution in [1.29, 1.82) is 0 Å². The Labute approximate surface area is 112 Å². The lowest BCUT2D eigenvalue weighted by atomic mass is 9.88. The van der Waals surface area contributed by atoms with Gasteiger partial charge in [-0.25, -0.2) is 0 Å². The Kier molecular flexibility index (Phi) is 4.98. The van der Waals surface area contributed by atoms with Crippen molar-refractivity contribution < 1.29 is 17.9 Å². The Bertz CT molecular complexity index is 415. The third-order valence-electron chi connectivity index (χ3n) is 3.21. The van der Waals surface area contributed by atoms with Crippen LogP contribution in [0.3, 0.4) is 0 Å². The van der Waals surface area contributed by atoms with E-state index in [2.05, 4.69) is 5.32 Å². The molecule has 0 aliphatic carbocycles. The number of hydrogen-bond donors (Lipinski definition) is 1. The predicted molar refractivity (Wildman–Crippen MR) is 68.9 cm³/mol. The second-order valence-corrected chi connectivity index (χ2v) is 4.88. The van der Waals surface area contributed by atoms with Gasteiger partial charge in [-0.1, -0.05) is 25.1 Å². The van der Waals surface area contributed by atoms with Crippen LogP contribution in [0.4, 0.5) is 13.2 Å². The van der Waals surface area contributed by atoms with Crippen LogP contribution in [-0.2, 0) is 10.9 Å². The third kappa shape index (κ3) is 3.70. The summed E-state index contributed by atoms with van der Waals surface area (Å²) in [7, 11) is 1.50. The molecule has 0 aliphatic heterocycles. The number of halogens is 3. The van der Waals surface area contributed by atoms with Gasteiger partial charge in [0.05, 0.1) is 17.2 Å². The molecular formula is C14H20F3NO. The van der Waals surface area contributed by atoms with Crippen molar-refractivity contribution in [3.8, 4) is 0 Å². The van der Waals surface area contributed by atoms with E-state index in [-0.39, 0.29) is 5.56 Å². The van der Waals surface area contributed by atoms with E-state index in [1.54, 1.807) is 19.9 Å². The second-order valence-electron chi connectivity index (χ2n) is 4.88. The molecule has 1 aromatic carbocycles. The smallest absolute Gasteiger partial charge is 0.377 e. The van der Waals surface area contributed by atoms with Gasteiger partial charge in [-0.05, 0) is 32.0 Å². The van der Waals surface area contributed by atoms with E-state index in [1.807, 2.05) is 6.92 Å². The molecule has 0 saturated heterocycles. The molecule has 0 spiro atoms. The Hall–Kier alpha value is -1.07. The SMILES string of the molecule is CCNC(c1ccccc1C(F)(F)F)C(C)(C)OC. The monoisotopic (exact) mass is 275 g/mol. The van der Waals surface area contributed by atoms with Crippen molar-refractivity contribution in [3.63, 3.8) is 0 Å². The standard InChI is InChI=1S/C14H20F3NO/c1-5-18-12(13(2,3)19-4)10-8-6-7-9-11(10)14(15,16)17/h6-9,12,18H,5H2,1-4H3. The highest BCUT2D eigenvalue weighted by atomic mass is 19.4. The zero-order valence-corrected chi connectivity index (χ0v) is 11.6. The first-order valence-corrected chi connectivity index (χ1v) is 6.18. The fraction of sp³-hybridized carbons (Fsp3) is 0.571. The number of hydrogen-bond acceptors (Lipinski definition) is 2. The highest BCUT2D eigenvalue weighted by Gasteiger charge is 2.39. The van der Waals surface area contributed by atoms with E-state index in [4.69, 9.17) is 4.74 Å². The van der Waals surface area contributed by atoms with Crippen molar-refractivity contribution in [2.75, 3.05) is 13.7 Å². The summed E-state index contributed by atoms with van der Waals surface area (Å²) < 4.78 is 44.6. The number of rotatable bonds is 5. The van der Waals surface area contributed by atoms with Crippen LogP contribution >= 0.6 is 0 Å². The lowest BCUT2D eigenvalue weighted by molar-refractivity contribution is -0.139. The van der Waals surface area contributed by atoms with Crippen LogP contribution in [0.2, 0.25) is 0 Å². The topological polar surface area (TPSA) is 21.3 Å². The minimum atomic E-state index is -4.37. The largest absolute Gasteiger partial charge is 0.416 e. The van der Waals surface area contributed by atoms with Gasteiger partial charge in [0, 0.05) is 7.11 Å².